The van der Waals surface area contributed by atoms with Gasteiger partial charge in [0.1, 0.15) is 12.7 Å². The zero-order valence-corrected chi connectivity index (χ0v) is 8.08. The van der Waals surface area contributed by atoms with Crippen molar-refractivity contribution >= 4 is 21.9 Å². The summed E-state index contributed by atoms with van der Waals surface area (Å²) < 4.78 is 34.5. The molecule has 0 saturated carbocycles. The summed E-state index contributed by atoms with van der Waals surface area (Å²) in [6.07, 6.45) is 1.65. The van der Waals surface area contributed by atoms with Crippen molar-refractivity contribution in [3.63, 3.8) is 0 Å². The van der Waals surface area contributed by atoms with Crippen molar-refractivity contribution < 1.29 is 27.7 Å². The van der Waals surface area contributed by atoms with Crippen molar-refractivity contribution in [2.45, 2.75) is 0 Å². The molecule has 10 heteroatoms. The first-order valence-electron chi connectivity index (χ1n) is 2.98. The Labute approximate surface area is 80.2 Å². The zero-order chi connectivity index (χ0) is 10.6. The van der Waals surface area contributed by atoms with Gasteiger partial charge in [0.15, 0.2) is 0 Å². The highest BCUT2D eigenvalue weighted by molar-refractivity contribution is 7.79. The largest absolute Gasteiger partial charge is 0.726 e. The smallest absolute Gasteiger partial charge is 0.315 e. The maximum absolute atomic E-state index is 8.63. The van der Waals surface area contributed by atoms with Gasteiger partial charge < -0.3 is 15.8 Å². The molecule has 8 N–H and O–H groups in total. The lowest BCUT2D eigenvalue weighted by Gasteiger charge is -1.88. The Morgan fingerprint density at radius 1 is 1.57 bits per heavy atom. The van der Waals surface area contributed by atoms with E-state index in [-0.39, 0.29) is 5.48 Å². The molecule has 1 aromatic rings. The molecule has 0 spiro atoms. The number of anilines is 2. The maximum Gasteiger partial charge on any atom is 0.315 e. The van der Waals surface area contributed by atoms with E-state index < -0.39 is 10.4 Å². The predicted octanol–water partition coefficient (Wildman–Crippen LogP) is -2.82. The molecular weight excluding hydrogens is 216 g/mol. The van der Waals surface area contributed by atoms with Crippen LogP contribution in [0.2, 0.25) is 0 Å². The molecule has 1 aromatic heterocycles. The molecule has 0 aliphatic carbocycles. The van der Waals surface area contributed by atoms with Crippen LogP contribution in [0.15, 0.2) is 6.20 Å². The molecule has 0 saturated heterocycles. The summed E-state index contributed by atoms with van der Waals surface area (Å²) in [5.41, 5.74) is 11.4. The Balaban J connectivity index is 0. The quantitative estimate of drug-likeness (QED) is 0.211. The van der Waals surface area contributed by atoms with E-state index in [2.05, 4.69) is 5.10 Å². The van der Waals surface area contributed by atoms with Crippen LogP contribution in [-0.2, 0) is 17.4 Å². The molecule has 0 aliphatic rings. The van der Waals surface area contributed by atoms with Crippen LogP contribution in [0, 0.1) is 0 Å². The van der Waals surface area contributed by atoms with Gasteiger partial charge in [-0.25, -0.2) is 13.5 Å². The SMILES string of the molecule is C[n+]1[nH]cc(N)c1N.O.O=S(=O)([O-])O. The van der Waals surface area contributed by atoms with E-state index >= 15 is 0 Å². The molecule has 1 rings (SSSR count). The van der Waals surface area contributed by atoms with E-state index in [1.807, 2.05) is 0 Å². The summed E-state index contributed by atoms with van der Waals surface area (Å²) in [4.78, 5) is 0. The van der Waals surface area contributed by atoms with Gasteiger partial charge in [-0.15, -0.1) is 0 Å². The third kappa shape index (κ3) is 7.30. The van der Waals surface area contributed by atoms with E-state index in [0.29, 0.717) is 11.5 Å². The second-order valence-corrected chi connectivity index (χ2v) is 2.96. The summed E-state index contributed by atoms with van der Waals surface area (Å²) in [6.45, 7) is 0. The summed E-state index contributed by atoms with van der Waals surface area (Å²) in [6, 6.07) is 0. The number of nitrogens with zero attached hydrogens (tertiary/aromatic N) is 1. The molecule has 14 heavy (non-hydrogen) atoms. The summed E-state index contributed by atoms with van der Waals surface area (Å²) in [5.74, 6) is 0.574. The van der Waals surface area contributed by atoms with Crippen LogP contribution in [0.1, 0.15) is 0 Å². The van der Waals surface area contributed by atoms with Gasteiger partial charge in [-0.05, 0) is 0 Å². The molecule has 9 nitrogen and oxygen atoms in total. The summed E-state index contributed by atoms with van der Waals surface area (Å²) >= 11 is 0. The van der Waals surface area contributed by atoms with Crippen molar-refractivity contribution in [2.24, 2.45) is 7.05 Å². The van der Waals surface area contributed by atoms with E-state index in [1.54, 1.807) is 17.9 Å². The van der Waals surface area contributed by atoms with Crippen LogP contribution in [0.5, 0.6) is 0 Å². The average molecular weight is 228 g/mol. The first kappa shape index (κ1) is 15.1. The van der Waals surface area contributed by atoms with Gasteiger partial charge in [-0.3, -0.25) is 10.3 Å². The topological polar surface area (TPSA) is 181 Å². The number of H-pyrrole nitrogens is 1. The Morgan fingerprint density at radius 3 is 2.00 bits per heavy atom. The fraction of sp³-hybridized carbons (Fsp3) is 0.250. The Morgan fingerprint density at radius 2 is 1.93 bits per heavy atom. The third-order valence-corrected chi connectivity index (χ3v) is 1.07. The second-order valence-electron chi connectivity index (χ2n) is 2.10. The first-order valence-corrected chi connectivity index (χ1v) is 4.35. The van der Waals surface area contributed by atoms with Gasteiger partial charge >= 0.3 is 5.82 Å². The van der Waals surface area contributed by atoms with Crippen molar-refractivity contribution in [3.05, 3.63) is 6.20 Å². The molecular formula is C4H12N4O5S. The van der Waals surface area contributed by atoms with E-state index in [0.717, 1.165) is 0 Å². The standard InChI is InChI=1S/C4H8N4.H2O4S.H2O/c1-8-4(6)3(5)2-7-8;1-5(2,3)4;/h2H,5H2,1H3,(H2,6,7);(H2,1,2,3,4);1H2. The molecule has 0 atom stereocenters. The lowest BCUT2D eigenvalue weighted by molar-refractivity contribution is -0.713. The van der Waals surface area contributed by atoms with Gasteiger partial charge in [0, 0.05) is 0 Å². The van der Waals surface area contributed by atoms with Gasteiger partial charge in [0.05, 0.1) is 6.20 Å². The molecule has 0 fully saturated rings. The molecule has 0 bridgehead atoms. The molecule has 84 valence electrons. The van der Waals surface area contributed by atoms with Crippen molar-refractivity contribution in [1.82, 2.24) is 5.10 Å². The molecule has 0 aliphatic heterocycles. The number of nitrogens with one attached hydrogen (secondary N) is 1. The van der Waals surface area contributed by atoms with Crippen molar-refractivity contribution in [3.8, 4) is 0 Å². The van der Waals surface area contributed by atoms with E-state index in [4.69, 9.17) is 29.0 Å². The third-order valence-electron chi connectivity index (χ3n) is 1.07. The Hall–Kier alpha value is -1.36. The second kappa shape index (κ2) is 5.39. The lowest BCUT2D eigenvalue weighted by atomic mass is 10.5. The number of aryl methyl sites for hydroxylation is 1. The monoisotopic (exact) mass is 228 g/mol. The fourth-order valence-corrected chi connectivity index (χ4v) is 0.504. The Bertz CT molecular complexity index is 344. The van der Waals surface area contributed by atoms with E-state index in [9.17, 15) is 0 Å². The van der Waals surface area contributed by atoms with Crippen molar-refractivity contribution in [2.75, 3.05) is 11.5 Å². The van der Waals surface area contributed by atoms with Gasteiger partial charge in [0.2, 0.25) is 10.4 Å². The lowest BCUT2D eigenvalue weighted by Crippen LogP contribution is -2.32. The number of hydrogen-bond donors (Lipinski definition) is 4. The highest BCUT2D eigenvalue weighted by atomic mass is 32.3. The average Bonchev–Trinajstić information content (AvgIpc) is 2.16. The fourth-order valence-electron chi connectivity index (χ4n) is 0.504. The van der Waals surface area contributed by atoms with Crippen LogP contribution in [0.3, 0.4) is 0 Å². The highest BCUT2D eigenvalue weighted by Crippen LogP contribution is 2.02. The summed E-state index contributed by atoms with van der Waals surface area (Å²) in [5, 5.41) is 2.80. The van der Waals surface area contributed by atoms with Crippen LogP contribution in [0.25, 0.3) is 0 Å². The number of nitrogen functional groups attached to an aromatic ring is 2. The Kier molecular flexibility index (Phi) is 5.82. The predicted molar refractivity (Wildman–Crippen MR) is 46.7 cm³/mol. The molecule has 0 unspecified atom stereocenters. The zero-order valence-electron chi connectivity index (χ0n) is 7.26. The van der Waals surface area contributed by atoms with E-state index in [1.165, 1.54) is 0 Å². The van der Waals surface area contributed by atoms with Crippen LogP contribution in [-0.4, -0.2) is 28.1 Å². The minimum Gasteiger partial charge on any atom is -0.726 e. The van der Waals surface area contributed by atoms with Crippen molar-refractivity contribution in [1.29, 1.82) is 0 Å². The molecule has 1 heterocycles. The number of rotatable bonds is 0. The number of aromatic amines is 1. The highest BCUT2D eigenvalue weighted by Gasteiger charge is 2.03. The molecule has 0 radical (unpaired) electrons. The molecule has 0 amide bonds. The minimum absolute atomic E-state index is 0. The first-order chi connectivity index (χ1) is 5.72. The number of aromatic nitrogens is 2. The molecule has 0 aromatic carbocycles. The van der Waals surface area contributed by atoms with Gasteiger partial charge in [-0.1, -0.05) is 0 Å². The number of hydrogen-bond acceptors (Lipinski definition) is 5. The number of nitrogens with two attached hydrogens (primary N) is 2. The maximum atomic E-state index is 8.63. The van der Waals surface area contributed by atoms with Crippen LogP contribution >= 0.6 is 0 Å². The minimum atomic E-state index is -4.92. The summed E-state index contributed by atoms with van der Waals surface area (Å²) in [7, 11) is -3.12. The van der Waals surface area contributed by atoms with Crippen LogP contribution < -0.4 is 16.1 Å². The van der Waals surface area contributed by atoms with Crippen LogP contribution in [0.4, 0.5) is 11.5 Å². The van der Waals surface area contributed by atoms with Gasteiger partial charge in [-0.2, -0.15) is 4.68 Å². The van der Waals surface area contributed by atoms with Gasteiger partial charge in [0.25, 0.3) is 0 Å². The normalized spacial score (nSPS) is 9.64.